The van der Waals surface area contributed by atoms with Crippen LogP contribution in [0.5, 0.6) is 5.75 Å². The Kier molecular flexibility index (Phi) is 4.35. The van der Waals surface area contributed by atoms with Gasteiger partial charge >= 0.3 is 0 Å². The van der Waals surface area contributed by atoms with Crippen LogP contribution in [0.3, 0.4) is 0 Å². The third kappa shape index (κ3) is 2.69. The zero-order valence-corrected chi connectivity index (χ0v) is 11.4. The van der Waals surface area contributed by atoms with Crippen LogP contribution in [0.15, 0.2) is 36.7 Å². The molecule has 0 fully saturated rings. The van der Waals surface area contributed by atoms with Crippen molar-refractivity contribution in [2.45, 2.75) is 6.04 Å². The number of rotatable bonds is 4. The van der Waals surface area contributed by atoms with Gasteiger partial charge in [-0.25, -0.2) is 4.39 Å². The topological polar surface area (TPSA) is 34.2 Å². The summed E-state index contributed by atoms with van der Waals surface area (Å²) in [7, 11) is 3.19. The van der Waals surface area contributed by atoms with Gasteiger partial charge in [0.15, 0.2) is 11.6 Å². The van der Waals surface area contributed by atoms with Gasteiger partial charge in [0, 0.05) is 18.0 Å². The monoisotopic (exact) mass is 280 g/mol. The predicted octanol–water partition coefficient (Wildman–Crippen LogP) is 3.19. The summed E-state index contributed by atoms with van der Waals surface area (Å²) in [4.78, 5) is 3.93. The van der Waals surface area contributed by atoms with E-state index in [1.54, 1.807) is 43.7 Å². The maximum atomic E-state index is 14.3. The van der Waals surface area contributed by atoms with Crippen LogP contribution in [-0.2, 0) is 0 Å². The summed E-state index contributed by atoms with van der Waals surface area (Å²) in [6, 6.07) is 6.44. The van der Waals surface area contributed by atoms with Crippen LogP contribution in [-0.4, -0.2) is 19.1 Å². The van der Waals surface area contributed by atoms with Crippen LogP contribution < -0.4 is 10.1 Å². The Bertz CT molecular complexity index is 577. The first-order valence-electron chi connectivity index (χ1n) is 5.78. The third-order valence-corrected chi connectivity index (χ3v) is 3.24. The largest absolute Gasteiger partial charge is 0.494 e. The van der Waals surface area contributed by atoms with Gasteiger partial charge in [0.1, 0.15) is 0 Å². The third-order valence-electron chi connectivity index (χ3n) is 2.93. The van der Waals surface area contributed by atoms with Crippen LogP contribution in [0.1, 0.15) is 17.2 Å². The number of nitrogens with zero attached hydrogens (tertiary/aromatic N) is 1. The summed E-state index contributed by atoms with van der Waals surface area (Å²) in [5.41, 5.74) is 1.25. The first-order valence-corrected chi connectivity index (χ1v) is 6.16. The molecule has 100 valence electrons. The van der Waals surface area contributed by atoms with Crippen molar-refractivity contribution in [3.8, 4) is 5.75 Å². The summed E-state index contributed by atoms with van der Waals surface area (Å²) < 4.78 is 19.3. The van der Waals surface area contributed by atoms with E-state index in [4.69, 9.17) is 16.3 Å². The Balaban J connectivity index is 2.52. The Morgan fingerprint density at radius 1 is 1.32 bits per heavy atom. The van der Waals surface area contributed by atoms with Crippen molar-refractivity contribution in [3.63, 3.8) is 0 Å². The maximum Gasteiger partial charge on any atom is 0.170 e. The second-order valence-electron chi connectivity index (χ2n) is 3.98. The molecule has 0 aliphatic rings. The zero-order chi connectivity index (χ0) is 13.8. The number of methoxy groups -OCH3 is 1. The van der Waals surface area contributed by atoms with Gasteiger partial charge in [-0.1, -0.05) is 23.7 Å². The molecule has 2 rings (SSSR count). The minimum atomic E-state index is -0.391. The molecule has 0 aliphatic carbocycles. The molecule has 0 spiro atoms. The molecule has 1 atom stereocenters. The van der Waals surface area contributed by atoms with Crippen molar-refractivity contribution in [1.82, 2.24) is 10.3 Å². The lowest BCUT2D eigenvalue weighted by atomic mass is 9.99. The Labute approximate surface area is 116 Å². The summed E-state index contributed by atoms with van der Waals surface area (Å²) in [5.74, 6) is -0.180. The lowest BCUT2D eigenvalue weighted by molar-refractivity contribution is 0.382. The number of ether oxygens (including phenoxy) is 1. The van der Waals surface area contributed by atoms with E-state index in [0.717, 1.165) is 5.56 Å². The fraction of sp³-hybridized carbons (Fsp3) is 0.214. The quantitative estimate of drug-likeness (QED) is 0.934. The van der Waals surface area contributed by atoms with E-state index in [1.165, 1.54) is 7.11 Å². The second-order valence-corrected chi connectivity index (χ2v) is 4.39. The SMILES string of the molecule is CNC(c1ccncc1Cl)c1cccc(OC)c1F. The van der Waals surface area contributed by atoms with E-state index >= 15 is 0 Å². The average molecular weight is 281 g/mol. The number of hydrogen-bond donors (Lipinski definition) is 1. The fourth-order valence-electron chi connectivity index (χ4n) is 2.01. The number of aromatic nitrogens is 1. The van der Waals surface area contributed by atoms with Crippen molar-refractivity contribution in [2.24, 2.45) is 0 Å². The molecule has 1 aromatic heterocycles. The summed E-state index contributed by atoms with van der Waals surface area (Å²) in [6.07, 6.45) is 3.17. The number of pyridine rings is 1. The number of benzene rings is 1. The standard InChI is InChI=1S/C14H14ClFN2O/c1-17-14(9-6-7-18-8-11(9)15)10-4-3-5-12(19-2)13(10)16/h3-8,14,17H,1-2H3. The number of hydrogen-bond acceptors (Lipinski definition) is 3. The van der Waals surface area contributed by atoms with Crippen molar-refractivity contribution in [1.29, 1.82) is 0 Å². The van der Waals surface area contributed by atoms with Crippen LogP contribution in [0.4, 0.5) is 4.39 Å². The zero-order valence-electron chi connectivity index (χ0n) is 10.7. The molecule has 1 N–H and O–H groups in total. The Hall–Kier alpha value is -1.65. The van der Waals surface area contributed by atoms with Crippen molar-refractivity contribution < 1.29 is 9.13 Å². The van der Waals surface area contributed by atoms with Gasteiger partial charge in [0.25, 0.3) is 0 Å². The summed E-state index contributed by atoms with van der Waals surface area (Å²) in [5, 5.41) is 3.55. The molecule has 0 amide bonds. The van der Waals surface area contributed by atoms with E-state index in [-0.39, 0.29) is 11.8 Å². The number of halogens is 2. The van der Waals surface area contributed by atoms with Gasteiger partial charge < -0.3 is 10.1 Å². The van der Waals surface area contributed by atoms with Crippen LogP contribution in [0, 0.1) is 5.82 Å². The molecule has 0 saturated carbocycles. The fourth-order valence-corrected chi connectivity index (χ4v) is 2.24. The van der Waals surface area contributed by atoms with Gasteiger partial charge in [-0.3, -0.25) is 4.98 Å². The normalized spacial score (nSPS) is 12.2. The highest BCUT2D eigenvalue weighted by molar-refractivity contribution is 6.31. The van der Waals surface area contributed by atoms with Gasteiger partial charge in [0.05, 0.1) is 18.2 Å². The molecule has 0 radical (unpaired) electrons. The molecule has 0 saturated heterocycles. The predicted molar refractivity (Wildman–Crippen MR) is 73.1 cm³/mol. The summed E-state index contributed by atoms with van der Waals surface area (Å²) >= 11 is 6.12. The van der Waals surface area contributed by atoms with E-state index in [9.17, 15) is 4.39 Å². The first-order chi connectivity index (χ1) is 9.19. The highest BCUT2D eigenvalue weighted by Crippen LogP contribution is 2.31. The number of nitrogens with one attached hydrogen (secondary N) is 1. The average Bonchev–Trinajstić information content (AvgIpc) is 2.43. The van der Waals surface area contributed by atoms with Gasteiger partial charge in [0.2, 0.25) is 0 Å². The molecule has 1 unspecified atom stereocenters. The lowest BCUT2D eigenvalue weighted by Crippen LogP contribution is -2.19. The molecule has 1 aromatic carbocycles. The van der Waals surface area contributed by atoms with Gasteiger partial charge in [-0.2, -0.15) is 0 Å². The van der Waals surface area contributed by atoms with Gasteiger partial charge in [-0.05, 0) is 24.7 Å². The Morgan fingerprint density at radius 2 is 2.11 bits per heavy atom. The molecule has 0 bridgehead atoms. The van der Waals surface area contributed by atoms with Crippen molar-refractivity contribution in [2.75, 3.05) is 14.2 Å². The Morgan fingerprint density at radius 3 is 2.74 bits per heavy atom. The smallest absolute Gasteiger partial charge is 0.170 e. The molecule has 19 heavy (non-hydrogen) atoms. The van der Waals surface area contributed by atoms with E-state index in [2.05, 4.69) is 10.3 Å². The summed E-state index contributed by atoms with van der Waals surface area (Å²) in [6.45, 7) is 0. The van der Waals surface area contributed by atoms with E-state index < -0.39 is 5.82 Å². The second kappa shape index (κ2) is 5.99. The van der Waals surface area contributed by atoms with Gasteiger partial charge in [-0.15, -0.1) is 0 Å². The highest BCUT2D eigenvalue weighted by atomic mass is 35.5. The molecule has 5 heteroatoms. The van der Waals surface area contributed by atoms with E-state index in [0.29, 0.717) is 10.6 Å². The maximum absolute atomic E-state index is 14.3. The molecule has 2 aromatic rings. The van der Waals surface area contributed by atoms with E-state index in [1.807, 2.05) is 0 Å². The first kappa shape index (κ1) is 13.8. The van der Waals surface area contributed by atoms with Crippen molar-refractivity contribution in [3.05, 3.63) is 58.6 Å². The van der Waals surface area contributed by atoms with Crippen LogP contribution in [0.25, 0.3) is 0 Å². The molecule has 1 heterocycles. The minimum absolute atomic E-state index is 0.211. The highest BCUT2D eigenvalue weighted by Gasteiger charge is 2.20. The molecule has 0 aliphatic heterocycles. The lowest BCUT2D eigenvalue weighted by Gasteiger charge is -2.19. The minimum Gasteiger partial charge on any atom is -0.494 e. The van der Waals surface area contributed by atoms with Crippen LogP contribution in [0.2, 0.25) is 5.02 Å². The van der Waals surface area contributed by atoms with Crippen molar-refractivity contribution >= 4 is 11.6 Å². The molecular formula is C14H14ClFN2O. The van der Waals surface area contributed by atoms with Crippen LogP contribution >= 0.6 is 11.6 Å². The molecular weight excluding hydrogens is 267 g/mol. The molecule has 3 nitrogen and oxygen atoms in total.